The molecule has 0 radical (unpaired) electrons. The summed E-state index contributed by atoms with van der Waals surface area (Å²) in [5.41, 5.74) is 1.02. The molecule has 4 heteroatoms. The quantitative estimate of drug-likeness (QED) is 0.772. The normalized spacial score (nSPS) is 12.2. The number of pyridine rings is 1. The van der Waals surface area contributed by atoms with E-state index in [2.05, 4.69) is 17.2 Å². The minimum Gasteiger partial charge on any atom is -0.481 e. The number of hydrogen-bond acceptors (Lipinski definition) is 4. The molecule has 1 unspecified atom stereocenters. The molecule has 0 aromatic carbocycles. The standard InChI is InChI=1S/C12H20N2O2/c1-4-5-11(9-15-2)14-10-6-7-13-12(8-10)16-3/h6-8,11H,4-5,9H2,1-3H3,(H,13,14). The molecule has 0 fully saturated rings. The molecule has 1 aromatic heterocycles. The first-order valence-electron chi connectivity index (χ1n) is 5.55. The lowest BCUT2D eigenvalue weighted by Gasteiger charge is -2.18. The van der Waals surface area contributed by atoms with Gasteiger partial charge in [0.1, 0.15) is 0 Å². The highest BCUT2D eigenvalue weighted by Crippen LogP contribution is 2.15. The van der Waals surface area contributed by atoms with Crippen LogP contribution in [0.15, 0.2) is 18.3 Å². The second-order valence-electron chi connectivity index (χ2n) is 3.67. The Balaban J connectivity index is 2.60. The molecule has 0 saturated heterocycles. The van der Waals surface area contributed by atoms with Crippen molar-refractivity contribution in [2.75, 3.05) is 26.1 Å². The Labute approximate surface area is 97.0 Å². The molecule has 0 aliphatic rings. The fourth-order valence-electron chi connectivity index (χ4n) is 1.59. The van der Waals surface area contributed by atoms with Crippen LogP contribution in [0, 0.1) is 0 Å². The summed E-state index contributed by atoms with van der Waals surface area (Å²) >= 11 is 0. The summed E-state index contributed by atoms with van der Waals surface area (Å²) < 4.78 is 10.2. The summed E-state index contributed by atoms with van der Waals surface area (Å²) in [4.78, 5) is 4.06. The van der Waals surface area contributed by atoms with Crippen LogP contribution in [0.2, 0.25) is 0 Å². The second-order valence-corrected chi connectivity index (χ2v) is 3.67. The van der Waals surface area contributed by atoms with E-state index in [-0.39, 0.29) is 0 Å². The van der Waals surface area contributed by atoms with Crippen molar-refractivity contribution in [2.45, 2.75) is 25.8 Å². The number of aromatic nitrogens is 1. The Morgan fingerprint density at radius 1 is 1.44 bits per heavy atom. The summed E-state index contributed by atoms with van der Waals surface area (Å²) in [6, 6.07) is 4.15. The first-order chi connectivity index (χ1) is 7.80. The van der Waals surface area contributed by atoms with Crippen molar-refractivity contribution in [3.63, 3.8) is 0 Å². The van der Waals surface area contributed by atoms with Crippen LogP contribution >= 0.6 is 0 Å². The highest BCUT2D eigenvalue weighted by Gasteiger charge is 2.07. The molecule has 1 atom stereocenters. The molecule has 1 rings (SSSR count). The van der Waals surface area contributed by atoms with Crippen molar-refractivity contribution in [2.24, 2.45) is 0 Å². The molecular formula is C12H20N2O2. The van der Waals surface area contributed by atoms with E-state index in [4.69, 9.17) is 9.47 Å². The van der Waals surface area contributed by atoms with Gasteiger partial charge in [-0.3, -0.25) is 0 Å². The van der Waals surface area contributed by atoms with Gasteiger partial charge in [-0.15, -0.1) is 0 Å². The summed E-state index contributed by atoms with van der Waals surface area (Å²) in [6.45, 7) is 2.87. The molecule has 0 aliphatic carbocycles. The Morgan fingerprint density at radius 3 is 2.88 bits per heavy atom. The molecule has 1 heterocycles. The van der Waals surface area contributed by atoms with Gasteiger partial charge in [-0.2, -0.15) is 0 Å². The lowest BCUT2D eigenvalue weighted by molar-refractivity contribution is 0.182. The number of rotatable bonds is 7. The SMILES string of the molecule is CCCC(COC)Nc1ccnc(OC)c1. The second kappa shape index (κ2) is 7.06. The van der Waals surface area contributed by atoms with Gasteiger partial charge in [0, 0.05) is 31.1 Å². The zero-order valence-corrected chi connectivity index (χ0v) is 10.2. The summed E-state index contributed by atoms with van der Waals surface area (Å²) in [7, 11) is 3.34. The fourth-order valence-corrected chi connectivity index (χ4v) is 1.59. The molecule has 1 aromatic rings. The first-order valence-corrected chi connectivity index (χ1v) is 5.55. The Hall–Kier alpha value is -1.29. The predicted molar refractivity (Wildman–Crippen MR) is 65.0 cm³/mol. The van der Waals surface area contributed by atoms with Crippen LogP contribution in [0.1, 0.15) is 19.8 Å². The molecule has 0 saturated carbocycles. The summed E-state index contributed by atoms with van der Waals surface area (Å²) in [5, 5.41) is 3.41. The average Bonchev–Trinajstić information content (AvgIpc) is 2.30. The largest absolute Gasteiger partial charge is 0.481 e. The van der Waals surface area contributed by atoms with Gasteiger partial charge in [0.2, 0.25) is 5.88 Å². The van der Waals surface area contributed by atoms with Crippen molar-refractivity contribution >= 4 is 5.69 Å². The number of nitrogens with one attached hydrogen (secondary N) is 1. The maximum atomic E-state index is 5.18. The van der Waals surface area contributed by atoms with Gasteiger partial charge in [-0.1, -0.05) is 13.3 Å². The number of methoxy groups -OCH3 is 2. The molecule has 0 spiro atoms. The topological polar surface area (TPSA) is 43.4 Å². The predicted octanol–water partition coefficient (Wildman–Crippen LogP) is 2.32. The van der Waals surface area contributed by atoms with E-state index in [0.717, 1.165) is 18.5 Å². The molecule has 0 aliphatic heterocycles. The van der Waals surface area contributed by atoms with Crippen molar-refractivity contribution in [1.29, 1.82) is 0 Å². The highest BCUT2D eigenvalue weighted by atomic mass is 16.5. The van der Waals surface area contributed by atoms with Gasteiger partial charge in [-0.05, 0) is 12.5 Å². The van der Waals surface area contributed by atoms with E-state index < -0.39 is 0 Å². The zero-order chi connectivity index (χ0) is 11.8. The molecule has 0 bridgehead atoms. The van der Waals surface area contributed by atoms with Gasteiger partial charge >= 0.3 is 0 Å². The van der Waals surface area contributed by atoms with Crippen LogP contribution in [-0.2, 0) is 4.74 Å². The van der Waals surface area contributed by atoms with E-state index in [1.54, 1.807) is 20.4 Å². The molecule has 0 amide bonds. The van der Waals surface area contributed by atoms with Crippen LogP contribution in [0.3, 0.4) is 0 Å². The number of hydrogen-bond donors (Lipinski definition) is 1. The summed E-state index contributed by atoms with van der Waals surface area (Å²) in [6.07, 6.45) is 3.94. The van der Waals surface area contributed by atoms with Crippen LogP contribution in [0.5, 0.6) is 5.88 Å². The fraction of sp³-hybridized carbons (Fsp3) is 0.583. The first kappa shape index (κ1) is 12.8. The maximum absolute atomic E-state index is 5.18. The van der Waals surface area contributed by atoms with E-state index in [0.29, 0.717) is 18.5 Å². The molecule has 4 nitrogen and oxygen atoms in total. The van der Waals surface area contributed by atoms with E-state index in [1.165, 1.54) is 0 Å². The third-order valence-electron chi connectivity index (χ3n) is 2.32. The highest BCUT2D eigenvalue weighted by molar-refractivity contribution is 5.45. The maximum Gasteiger partial charge on any atom is 0.214 e. The van der Waals surface area contributed by atoms with E-state index >= 15 is 0 Å². The van der Waals surface area contributed by atoms with Gasteiger partial charge < -0.3 is 14.8 Å². The Bertz CT molecular complexity index is 299. The Morgan fingerprint density at radius 2 is 2.25 bits per heavy atom. The molecule has 90 valence electrons. The van der Waals surface area contributed by atoms with Crippen LogP contribution in [0.4, 0.5) is 5.69 Å². The number of ether oxygens (including phenoxy) is 2. The van der Waals surface area contributed by atoms with E-state index in [9.17, 15) is 0 Å². The third kappa shape index (κ3) is 4.06. The lowest BCUT2D eigenvalue weighted by Crippen LogP contribution is -2.24. The zero-order valence-electron chi connectivity index (χ0n) is 10.2. The van der Waals surface area contributed by atoms with E-state index in [1.807, 2.05) is 12.1 Å². The van der Waals surface area contributed by atoms with Gasteiger partial charge in [-0.25, -0.2) is 4.98 Å². The molecular weight excluding hydrogens is 204 g/mol. The van der Waals surface area contributed by atoms with Crippen molar-refractivity contribution in [3.8, 4) is 5.88 Å². The molecule has 16 heavy (non-hydrogen) atoms. The summed E-state index contributed by atoms with van der Waals surface area (Å²) in [5.74, 6) is 0.623. The number of anilines is 1. The van der Waals surface area contributed by atoms with Gasteiger partial charge in [0.25, 0.3) is 0 Å². The van der Waals surface area contributed by atoms with Crippen molar-refractivity contribution in [1.82, 2.24) is 4.98 Å². The lowest BCUT2D eigenvalue weighted by atomic mass is 10.1. The van der Waals surface area contributed by atoms with Crippen molar-refractivity contribution in [3.05, 3.63) is 18.3 Å². The number of nitrogens with zero attached hydrogens (tertiary/aromatic N) is 1. The van der Waals surface area contributed by atoms with Crippen molar-refractivity contribution < 1.29 is 9.47 Å². The van der Waals surface area contributed by atoms with Crippen LogP contribution in [-0.4, -0.2) is 31.9 Å². The Kier molecular flexibility index (Phi) is 5.64. The monoisotopic (exact) mass is 224 g/mol. The smallest absolute Gasteiger partial charge is 0.214 e. The van der Waals surface area contributed by atoms with Crippen LogP contribution < -0.4 is 10.1 Å². The third-order valence-corrected chi connectivity index (χ3v) is 2.32. The minimum atomic E-state index is 0.335. The van der Waals surface area contributed by atoms with Gasteiger partial charge in [0.05, 0.1) is 13.7 Å². The minimum absolute atomic E-state index is 0.335. The van der Waals surface area contributed by atoms with Gasteiger partial charge in [0.15, 0.2) is 0 Å². The molecule has 1 N–H and O–H groups in total. The van der Waals surface area contributed by atoms with Crippen LogP contribution in [0.25, 0.3) is 0 Å². The average molecular weight is 224 g/mol.